The number of carbonyl (C=O) groups is 1. The molecule has 22 heavy (non-hydrogen) atoms. The number of aromatic nitrogens is 4. The fourth-order valence-corrected chi connectivity index (χ4v) is 2.13. The Bertz CT molecular complexity index is 658. The smallest absolute Gasteiger partial charge is 0.220 e. The fraction of sp³-hybridized carbons (Fsp3) is 0.429. The summed E-state index contributed by atoms with van der Waals surface area (Å²) >= 11 is 0. The molecule has 1 atom stereocenters. The molecule has 1 aromatic heterocycles. The Morgan fingerprint density at radius 2 is 2.14 bits per heavy atom. The molecule has 2 aromatic rings. The Kier molecular flexibility index (Phi) is 5.13. The maximum Gasteiger partial charge on any atom is 0.220 e. The van der Waals surface area contributed by atoms with Crippen molar-refractivity contribution in [2.24, 2.45) is 7.05 Å². The van der Waals surface area contributed by atoms with Gasteiger partial charge < -0.3 is 5.32 Å². The number of rotatable bonds is 6. The minimum atomic E-state index is -0.870. The van der Waals surface area contributed by atoms with Crippen LogP contribution in [-0.4, -0.2) is 26.1 Å². The molecule has 0 fully saturated rings. The van der Waals surface area contributed by atoms with E-state index >= 15 is 0 Å². The predicted octanol–water partition coefficient (Wildman–Crippen LogP) is 1.69. The molecule has 0 unspecified atom stereocenters. The summed E-state index contributed by atoms with van der Waals surface area (Å²) in [6, 6.07) is 3.47. The molecule has 0 aliphatic rings. The molecule has 1 N–H and O–H groups in total. The van der Waals surface area contributed by atoms with Crippen molar-refractivity contribution in [2.75, 3.05) is 0 Å². The number of benzene rings is 1. The zero-order valence-corrected chi connectivity index (χ0v) is 12.4. The van der Waals surface area contributed by atoms with Crippen LogP contribution >= 0.6 is 0 Å². The number of halogens is 2. The monoisotopic (exact) mass is 309 g/mol. The molecule has 1 heterocycles. The van der Waals surface area contributed by atoms with Crippen LogP contribution in [0.4, 0.5) is 8.78 Å². The van der Waals surface area contributed by atoms with Gasteiger partial charge in [-0.15, -0.1) is 5.10 Å². The molecule has 1 amide bonds. The number of nitrogens with zero attached hydrogens (tertiary/aromatic N) is 4. The zero-order chi connectivity index (χ0) is 16.1. The summed E-state index contributed by atoms with van der Waals surface area (Å²) in [6.07, 6.45) is 1.33. The molecule has 0 spiro atoms. The van der Waals surface area contributed by atoms with Crippen molar-refractivity contribution in [1.29, 1.82) is 0 Å². The average Bonchev–Trinajstić information content (AvgIpc) is 2.89. The summed E-state index contributed by atoms with van der Waals surface area (Å²) in [4.78, 5) is 11.8. The van der Waals surface area contributed by atoms with Crippen LogP contribution in [-0.2, 0) is 18.3 Å². The van der Waals surface area contributed by atoms with Crippen LogP contribution in [0, 0.1) is 11.6 Å². The Morgan fingerprint density at radius 3 is 2.77 bits per heavy atom. The molecule has 118 valence electrons. The van der Waals surface area contributed by atoms with Gasteiger partial charge in [0.2, 0.25) is 5.91 Å². The highest BCUT2D eigenvalue weighted by Gasteiger charge is 2.14. The molecule has 0 radical (unpaired) electrons. The predicted molar refractivity (Wildman–Crippen MR) is 74.7 cm³/mol. The van der Waals surface area contributed by atoms with Crippen molar-refractivity contribution >= 4 is 5.91 Å². The van der Waals surface area contributed by atoms with Gasteiger partial charge in [-0.25, -0.2) is 13.5 Å². The SMILES string of the molecule is C[C@H](NC(=O)CCCc1ccc(F)c(F)c1)c1nnnn1C. The van der Waals surface area contributed by atoms with Gasteiger partial charge >= 0.3 is 0 Å². The van der Waals surface area contributed by atoms with Gasteiger partial charge in [-0.1, -0.05) is 6.07 Å². The summed E-state index contributed by atoms with van der Waals surface area (Å²) in [7, 11) is 1.70. The van der Waals surface area contributed by atoms with Crippen LogP contribution in [0.1, 0.15) is 37.2 Å². The van der Waals surface area contributed by atoms with Crippen molar-refractivity contribution in [1.82, 2.24) is 25.5 Å². The standard InChI is InChI=1S/C14H17F2N5O/c1-9(14-18-19-20-21(14)2)17-13(22)5-3-4-10-6-7-11(15)12(16)8-10/h6-9H,3-5H2,1-2H3,(H,17,22)/t9-/m0/s1. The highest BCUT2D eigenvalue weighted by molar-refractivity contribution is 5.76. The second-order valence-corrected chi connectivity index (χ2v) is 5.05. The Morgan fingerprint density at radius 1 is 1.36 bits per heavy atom. The number of hydrogen-bond donors (Lipinski definition) is 1. The molecule has 0 aliphatic heterocycles. The minimum absolute atomic E-state index is 0.141. The number of tetrazole rings is 1. The third-order valence-electron chi connectivity index (χ3n) is 3.27. The minimum Gasteiger partial charge on any atom is -0.346 e. The van der Waals surface area contributed by atoms with Gasteiger partial charge in [0.25, 0.3) is 0 Å². The molecular weight excluding hydrogens is 292 g/mol. The number of nitrogens with one attached hydrogen (secondary N) is 1. The van der Waals surface area contributed by atoms with Gasteiger partial charge in [0.05, 0.1) is 6.04 Å². The first-order valence-corrected chi connectivity index (χ1v) is 6.93. The van der Waals surface area contributed by atoms with Crippen LogP contribution in [0.15, 0.2) is 18.2 Å². The van der Waals surface area contributed by atoms with E-state index in [0.29, 0.717) is 24.2 Å². The van der Waals surface area contributed by atoms with E-state index in [-0.39, 0.29) is 18.4 Å². The Hall–Kier alpha value is -2.38. The van der Waals surface area contributed by atoms with Crippen molar-refractivity contribution in [2.45, 2.75) is 32.2 Å². The van der Waals surface area contributed by atoms with E-state index in [1.807, 2.05) is 0 Å². The fourth-order valence-electron chi connectivity index (χ4n) is 2.13. The molecule has 0 saturated carbocycles. The Labute approximate surface area is 126 Å². The lowest BCUT2D eigenvalue weighted by molar-refractivity contribution is -0.121. The first kappa shape index (κ1) is 16.0. The van der Waals surface area contributed by atoms with Crippen LogP contribution in [0.2, 0.25) is 0 Å². The quantitative estimate of drug-likeness (QED) is 0.881. The first-order valence-electron chi connectivity index (χ1n) is 6.93. The van der Waals surface area contributed by atoms with Gasteiger partial charge in [-0.2, -0.15) is 0 Å². The summed E-state index contributed by atoms with van der Waals surface area (Å²) in [5, 5.41) is 13.8. The average molecular weight is 309 g/mol. The molecule has 1 aromatic carbocycles. The van der Waals surface area contributed by atoms with Crippen LogP contribution in [0.25, 0.3) is 0 Å². The highest BCUT2D eigenvalue weighted by atomic mass is 19.2. The maximum absolute atomic E-state index is 13.1. The Balaban J connectivity index is 1.78. The van der Waals surface area contributed by atoms with Crippen LogP contribution in [0.3, 0.4) is 0 Å². The van der Waals surface area contributed by atoms with Gasteiger partial charge in [-0.05, 0) is 47.9 Å². The van der Waals surface area contributed by atoms with Crippen molar-refractivity contribution in [3.8, 4) is 0 Å². The normalized spacial score (nSPS) is 12.2. The van der Waals surface area contributed by atoms with Crippen molar-refractivity contribution in [3.05, 3.63) is 41.2 Å². The molecular formula is C14H17F2N5O. The molecule has 6 nitrogen and oxygen atoms in total. The summed E-state index contributed by atoms with van der Waals surface area (Å²) in [5.41, 5.74) is 0.664. The maximum atomic E-state index is 13.1. The van der Waals surface area contributed by atoms with Crippen LogP contribution in [0.5, 0.6) is 0 Å². The third kappa shape index (κ3) is 4.06. The second kappa shape index (κ2) is 7.06. The third-order valence-corrected chi connectivity index (χ3v) is 3.27. The lowest BCUT2D eigenvalue weighted by Crippen LogP contribution is -2.28. The first-order chi connectivity index (χ1) is 10.5. The second-order valence-electron chi connectivity index (χ2n) is 5.05. The number of hydrogen-bond acceptors (Lipinski definition) is 4. The van der Waals surface area contributed by atoms with E-state index in [9.17, 15) is 13.6 Å². The molecule has 8 heteroatoms. The largest absolute Gasteiger partial charge is 0.346 e. The lowest BCUT2D eigenvalue weighted by Gasteiger charge is -2.12. The molecule has 0 saturated heterocycles. The molecule has 0 bridgehead atoms. The highest BCUT2D eigenvalue weighted by Crippen LogP contribution is 2.12. The van der Waals surface area contributed by atoms with Gasteiger partial charge in [0.15, 0.2) is 17.5 Å². The van der Waals surface area contributed by atoms with E-state index in [0.717, 1.165) is 12.1 Å². The summed E-state index contributed by atoms with van der Waals surface area (Å²) < 4.78 is 27.4. The van der Waals surface area contributed by atoms with Crippen molar-refractivity contribution in [3.63, 3.8) is 0 Å². The van der Waals surface area contributed by atoms with E-state index in [1.54, 1.807) is 14.0 Å². The number of carbonyl (C=O) groups excluding carboxylic acids is 1. The van der Waals surface area contributed by atoms with E-state index in [4.69, 9.17) is 0 Å². The van der Waals surface area contributed by atoms with Crippen LogP contribution < -0.4 is 5.32 Å². The summed E-state index contributed by atoms with van der Waals surface area (Å²) in [5.74, 6) is -1.31. The van der Waals surface area contributed by atoms with Gasteiger partial charge in [0.1, 0.15) is 0 Å². The molecule has 0 aliphatic carbocycles. The number of amides is 1. The topological polar surface area (TPSA) is 72.7 Å². The van der Waals surface area contributed by atoms with Crippen molar-refractivity contribution < 1.29 is 13.6 Å². The van der Waals surface area contributed by atoms with Gasteiger partial charge in [0, 0.05) is 13.5 Å². The number of aryl methyl sites for hydroxylation is 2. The van der Waals surface area contributed by atoms with E-state index in [2.05, 4.69) is 20.8 Å². The van der Waals surface area contributed by atoms with E-state index < -0.39 is 11.6 Å². The van der Waals surface area contributed by atoms with E-state index in [1.165, 1.54) is 10.7 Å². The van der Waals surface area contributed by atoms with Gasteiger partial charge in [-0.3, -0.25) is 4.79 Å². The summed E-state index contributed by atoms with van der Waals surface area (Å²) in [6.45, 7) is 1.79. The zero-order valence-electron chi connectivity index (χ0n) is 12.4. The lowest BCUT2D eigenvalue weighted by atomic mass is 10.1. The molecule has 2 rings (SSSR count).